The van der Waals surface area contributed by atoms with Crippen LogP contribution in [0.25, 0.3) is 0 Å². The molecule has 0 bridgehead atoms. The summed E-state index contributed by atoms with van der Waals surface area (Å²) in [5.41, 5.74) is 1.34. The highest BCUT2D eigenvalue weighted by Gasteiger charge is 2.20. The van der Waals surface area contributed by atoms with Crippen LogP contribution in [0.1, 0.15) is 20.8 Å². The molecule has 0 aliphatic carbocycles. The first-order chi connectivity index (χ1) is 10.5. The van der Waals surface area contributed by atoms with Gasteiger partial charge in [-0.15, -0.1) is 0 Å². The standard InChI is InChI=1S/C17H19NO2/c1-14(17(19)20)18(12-15-8-4-2-5-9-15)13-16-10-6-3-7-11-16/h2-11,14H,12-13H2,1H3,(H,19,20)/t14-/m0/s1/i12D,13D/t12?,13?,14-. The van der Waals surface area contributed by atoms with Gasteiger partial charge in [0.1, 0.15) is 6.04 Å². The van der Waals surface area contributed by atoms with E-state index >= 15 is 0 Å². The third-order valence-electron chi connectivity index (χ3n) is 3.00. The van der Waals surface area contributed by atoms with Crippen molar-refractivity contribution in [3.05, 3.63) is 71.8 Å². The lowest BCUT2D eigenvalue weighted by molar-refractivity contribution is -0.143. The maximum Gasteiger partial charge on any atom is 0.320 e. The third kappa shape index (κ3) is 3.93. The SMILES string of the molecule is [2H]C(c1ccccc1)N(C([2H])c1ccccc1)[C@@H](C)C(=O)O. The molecule has 0 aromatic heterocycles. The van der Waals surface area contributed by atoms with Crippen molar-refractivity contribution in [2.75, 3.05) is 0 Å². The topological polar surface area (TPSA) is 40.5 Å². The summed E-state index contributed by atoms with van der Waals surface area (Å²) < 4.78 is 16.8. The highest BCUT2D eigenvalue weighted by molar-refractivity contribution is 5.72. The average Bonchev–Trinajstić information content (AvgIpc) is 2.56. The third-order valence-corrected chi connectivity index (χ3v) is 3.00. The second-order valence-corrected chi connectivity index (χ2v) is 4.54. The van der Waals surface area contributed by atoms with Crippen molar-refractivity contribution >= 4 is 5.97 Å². The number of aliphatic carboxylic acids is 1. The van der Waals surface area contributed by atoms with E-state index in [1.54, 1.807) is 24.3 Å². The molecule has 0 saturated carbocycles. The lowest BCUT2D eigenvalue weighted by Gasteiger charge is -2.26. The number of rotatable bonds is 6. The minimum Gasteiger partial charge on any atom is -0.480 e. The van der Waals surface area contributed by atoms with Gasteiger partial charge >= 0.3 is 5.97 Å². The molecule has 1 N–H and O–H groups in total. The van der Waals surface area contributed by atoms with Crippen molar-refractivity contribution in [1.29, 1.82) is 0 Å². The van der Waals surface area contributed by atoms with Gasteiger partial charge in [-0.1, -0.05) is 60.7 Å². The Labute approximate surface area is 122 Å². The largest absolute Gasteiger partial charge is 0.480 e. The van der Waals surface area contributed by atoms with E-state index in [1.807, 2.05) is 36.4 Å². The predicted octanol–water partition coefficient (Wildman–Crippen LogP) is 3.16. The summed E-state index contributed by atoms with van der Waals surface area (Å²) in [6, 6.07) is 17.1. The van der Waals surface area contributed by atoms with Crippen molar-refractivity contribution < 1.29 is 12.6 Å². The van der Waals surface area contributed by atoms with Gasteiger partial charge in [-0.25, -0.2) is 0 Å². The number of carboxylic acid groups (broad SMARTS) is 1. The van der Waals surface area contributed by atoms with E-state index in [1.165, 1.54) is 11.8 Å². The van der Waals surface area contributed by atoms with E-state index in [0.717, 1.165) is 0 Å². The van der Waals surface area contributed by atoms with Gasteiger partial charge in [-0.05, 0) is 18.1 Å². The molecule has 20 heavy (non-hydrogen) atoms. The van der Waals surface area contributed by atoms with Crippen LogP contribution < -0.4 is 0 Å². The zero-order valence-corrected chi connectivity index (χ0v) is 11.3. The van der Waals surface area contributed by atoms with Crippen molar-refractivity contribution in [2.45, 2.75) is 26.0 Å². The molecule has 2 aromatic rings. The smallest absolute Gasteiger partial charge is 0.320 e. The van der Waals surface area contributed by atoms with Gasteiger partial charge in [-0.3, -0.25) is 9.69 Å². The molecular formula is C17H19NO2. The maximum absolute atomic E-state index is 11.4. The molecule has 0 amide bonds. The van der Waals surface area contributed by atoms with Crippen LogP contribution in [0.15, 0.2) is 60.7 Å². The maximum atomic E-state index is 11.4. The second-order valence-electron chi connectivity index (χ2n) is 4.54. The monoisotopic (exact) mass is 271 g/mol. The summed E-state index contributed by atoms with van der Waals surface area (Å²) in [6.07, 6.45) is 0. The summed E-state index contributed by atoms with van der Waals surface area (Å²) in [5, 5.41) is 9.34. The number of hydrogen-bond acceptors (Lipinski definition) is 2. The Balaban J connectivity index is 2.37. The number of carbonyl (C=O) groups is 1. The van der Waals surface area contributed by atoms with Gasteiger partial charge in [-0.2, -0.15) is 0 Å². The first-order valence-electron chi connectivity index (χ1n) is 7.62. The van der Waals surface area contributed by atoms with Crippen LogP contribution in [-0.2, 0) is 17.8 Å². The summed E-state index contributed by atoms with van der Waals surface area (Å²) in [7, 11) is 0. The molecule has 0 aliphatic heterocycles. The van der Waals surface area contributed by atoms with E-state index < -0.39 is 25.1 Å². The zero-order valence-electron chi connectivity index (χ0n) is 13.3. The van der Waals surface area contributed by atoms with Gasteiger partial charge in [0.25, 0.3) is 0 Å². The van der Waals surface area contributed by atoms with Gasteiger partial charge in [0, 0.05) is 15.8 Å². The van der Waals surface area contributed by atoms with E-state index in [4.69, 9.17) is 2.74 Å². The predicted molar refractivity (Wildman–Crippen MR) is 79.2 cm³/mol. The molecule has 0 fully saturated rings. The molecule has 0 spiro atoms. The molecule has 3 heteroatoms. The van der Waals surface area contributed by atoms with Crippen LogP contribution >= 0.6 is 0 Å². The molecule has 3 nitrogen and oxygen atoms in total. The van der Waals surface area contributed by atoms with Crippen LogP contribution in [0.2, 0.25) is 0 Å². The summed E-state index contributed by atoms with van der Waals surface area (Å²) >= 11 is 0. The first kappa shape index (κ1) is 11.7. The molecule has 0 heterocycles. The summed E-state index contributed by atoms with van der Waals surface area (Å²) in [5.74, 6) is -1.04. The minimum atomic E-state index is -1.04. The van der Waals surface area contributed by atoms with Crippen LogP contribution in [0.5, 0.6) is 0 Å². The van der Waals surface area contributed by atoms with Crippen molar-refractivity contribution in [3.63, 3.8) is 0 Å². The summed E-state index contributed by atoms with van der Waals surface area (Å²) in [4.78, 5) is 12.8. The van der Waals surface area contributed by atoms with Crippen LogP contribution in [-0.4, -0.2) is 22.0 Å². The van der Waals surface area contributed by atoms with Crippen molar-refractivity contribution in [2.24, 2.45) is 0 Å². The Kier molecular flexibility index (Phi) is 4.01. The zero-order chi connectivity index (χ0) is 16.1. The molecule has 0 aliphatic rings. The molecular weight excluding hydrogens is 250 g/mol. The highest BCUT2D eigenvalue weighted by atomic mass is 16.4. The van der Waals surface area contributed by atoms with E-state index in [0.29, 0.717) is 11.1 Å². The quantitative estimate of drug-likeness (QED) is 0.877. The van der Waals surface area contributed by atoms with Crippen LogP contribution in [0.4, 0.5) is 0 Å². The fourth-order valence-corrected chi connectivity index (χ4v) is 1.81. The van der Waals surface area contributed by atoms with Crippen molar-refractivity contribution in [3.8, 4) is 0 Å². The lowest BCUT2D eigenvalue weighted by Crippen LogP contribution is -2.37. The van der Waals surface area contributed by atoms with Gasteiger partial charge in [0.05, 0.1) is 0 Å². The van der Waals surface area contributed by atoms with Gasteiger partial charge < -0.3 is 5.11 Å². The second kappa shape index (κ2) is 6.87. The van der Waals surface area contributed by atoms with E-state index in [-0.39, 0.29) is 0 Å². The molecule has 2 rings (SSSR count). The fraction of sp³-hybridized carbons (Fsp3) is 0.235. The molecule has 3 atom stereocenters. The molecule has 104 valence electrons. The molecule has 0 saturated heterocycles. The first-order valence-corrected chi connectivity index (χ1v) is 6.47. The highest BCUT2D eigenvalue weighted by Crippen LogP contribution is 2.13. The fourth-order valence-electron chi connectivity index (χ4n) is 1.81. The summed E-state index contributed by atoms with van der Waals surface area (Å²) in [6.45, 7) is -0.331. The minimum absolute atomic E-state index is 0.670. The normalized spacial score (nSPS) is 16.9. The lowest BCUT2D eigenvalue weighted by atomic mass is 10.1. The van der Waals surface area contributed by atoms with Gasteiger partial charge in [0.2, 0.25) is 0 Å². The Hall–Kier alpha value is -2.13. The number of benzene rings is 2. The van der Waals surface area contributed by atoms with Gasteiger partial charge in [0.15, 0.2) is 0 Å². The Morgan fingerprint density at radius 3 is 1.80 bits per heavy atom. The average molecular weight is 271 g/mol. The van der Waals surface area contributed by atoms with Crippen LogP contribution in [0, 0.1) is 0 Å². The number of nitrogens with zero attached hydrogens (tertiary/aromatic N) is 1. The van der Waals surface area contributed by atoms with E-state index in [2.05, 4.69) is 0 Å². The van der Waals surface area contributed by atoms with E-state index in [9.17, 15) is 9.90 Å². The van der Waals surface area contributed by atoms with Crippen LogP contribution in [0.3, 0.4) is 0 Å². The number of hydrogen-bond donors (Lipinski definition) is 1. The number of carboxylic acids is 1. The Morgan fingerprint density at radius 2 is 1.45 bits per heavy atom. The Bertz CT molecular complexity index is 561. The molecule has 0 radical (unpaired) electrons. The molecule has 2 aromatic carbocycles. The molecule has 2 unspecified atom stereocenters. The van der Waals surface area contributed by atoms with Crippen molar-refractivity contribution in [1.82, 2.24) is 4.90 Å². The Morgan fingerprint density at radius 1 is 1.05 bits per heavy atom.